The summed E-state index contributed by atoms with van der Waals surface area (Å²) in [6, 6.07) is 1.34. The summed E-state index contributed by atoms with van der Waals surface area (Å²) in [5.41, 5.74) is 0. The van der Waals surface area contributed by atoms with E-state index < -0.39 is 0 Å². The molecule has 1 heterocycles. The van der Waals surface area contributed by atoms with E-state index in [0.29, 0.717) is 0 Å². The Balaban J connectivity index is 2.01. The molecule has 0 aromatic carbocycles. The van der Waals surface area contributed by atoms with E-state index in [-0.39, 0.29) is 9.76 Å². The van der Waals surface area contributed by atoms with E-state index in [4.69, 9.17) is 4.12 Å². The minimum absolute atomic E-state index is 0.130. The molecule has 1 fully saturated rings. The van der Waals surface area contributed by atoms with Crippen LogP contribution in [0.1, 0.15) is 0 Å². The molecule has 1 saturated heterocycles. The molecule has 0 aliphatic carbocycles. The Hall–Kier alpha value is 0.314. The summed E-state index contributed by atoms with van der Waals surface area (Å²) >= 11 is 0. The zero-order valence-corrected chi connectivity index (χ0v) is 11.7. The summed E-state index contributed by atoms with van der Waals surface area (Å²) < 4.78 is 5.29. The lowest BCUT2D eigenvalue weighted by molar-refractivity contribution is 0.160. The molecule has 0 radical (unpaired) electrons. The van der Waals surface area contributed by atoms with Gasteiger partial charge in [0.15, 0.2) is 0 Å². The van der Waals surface area contributed by atoms with Crippen molar-refractivity contribution in [2.75, 3.05) is 39.8 Å². The fraction of sp³-hybridized carbons (Fsp3) is 1.00. The van der Waals surface area contributed by atoms with E-state index in [1.807, 2.05) is 0 Å². The first-order chi connectivity index (χ1) is 5.83. The van der Waals surface area contributed by atoms with Crippen LogP contribution in [0.2, 0.25) is 6.04 Å². The van der Waals surface area contributed by atoms with Gasteiger partial charge in [0.25, 0.3) is 0 Å². The van der Waals surface area contributed by atoms with E-state index in [0.717, 1.165) is 10.5 Å². The van der Waals surface area contributed by atoms with Gasteiger partial charge in [-0.05, 0) is 19.6 Å². The van der Waals surface area contributed by atoms with Crippen molar-refractivity contribution in [1.82, 2.24) is 9.80 Å². The van der Waals surface area contributed by atoms with Crippen LogP contribution in [0.3, 0.4) is 0 Å². The fourth-order valence-corrected chi connectivity index (χ4v) is 3.23. The Morgan fingerprint density at radius 3 is 2.58 bits per heavy atom. The van der Waals surface area contributed by atoms with Gasteiger partial charge in [0.2, 0.25) is 0 Å². The van der Waals surface area contributed by atoms with Crippen LogP contribution >= 0.6 is 0 Å². The molecule has 0 aromatic heterocycles. The number of likely N-dealkylation sites (N-methyl/N-ethyl adjacent to an activating group) is 1. The van der Waals surface area contributed by atoms with Gasteiger partial charge in [-0.25, -0.2) is 0 Å². The molecule has 12 heavy (non-hydrogen) atoms. The Bertz CT molecular complexity index is 118. The van der Waals surface area contributed by atoms with E-state index in [1.165, 1.54) is 38.8 Å². The first kappa shape index (κ1) is 10.4. The van der Waals surface area contributed by atoms with Crippen molar-refractivity contribution in [2.24, 2.45) is 0 Å². The van der Waals surface area contributed by atoms with Gasteiger partial charge in [-0.3, -0.25) is 0 Å². The number of piperazine rings is 1. The van der Waals surface area contributed by atoms with Gasteiger partial charge in [0.05, 0.1) is 0 Å². The average molecular weight is 204 g/mol. The topological polar surface area (TPSA) is 15.7 Å². The van der Waals surface area contributed by atoms with Crippen molar-refractivity contribution in [3.8, 4) is 0 Å². The van der Waals surface area contributed by atoms with Gasteiger partial charge in [0.1, 0.15) is 20.2 Å². The molecule has 1 aliphatic rings. The third-order valence-electron chi connectivity index (χ3n) is 2.42. The lowest BCUT2D eigenvalue weighted by Crippen LogP contribution is -2.44. The van der Waals surface area contributed by atoms with Crippen LogP contribution in [0, 0.1) is 0 Å². The molecule has 0 bridgehead atoms. The second-order valence-corrected chi connectivity index (χ2v) is 6.92. The van der Waals surface area contributed by atoms with Gasteiger partial charge in [0, 0.05) is 26.2 Å². The maximum absolute atomic E-state index is 5.29. The molecule has 0 atom stereocenters. The summed E-state index contributed by atoms with van der Waals surface area (Å²) in [6.45, 7) is 6.27. The van der Waals surface area contributed by atoms with Crippen molar-refractivity contribution in [2.45, 2.75) is 6.04 Å². The smallest absolute Gasteiger partial charge is 0.146 e. The highest BCUT2D eigenvalue weighted by molar-refractivity contribution is 6.34. The Morgan fingerprint density at radius 2 is 2.00 bits per heavy atom. The third kappa shape index (κ3) is 3.82. The summed E-state index contributed by atoms with van der Waals surface area (Å²) in [5.74, 6) is 0. The largest absolute Gasteiger partial charge is 0.468 e. The highest BCUT2D eigenvalue weighted by Crippen LogP contribution is 1.99. The Labute approximate surface area is 80.5 Å². The SMILES string of the molecule is CN1CCN(CC[SiH2]O[SiH3])CC1. The van der Waals surface area contributed by atoms with Gasteiger partial charge >= 0.3 is 0 Å². The van der Waals surface area contributed by atoms with Crippen molar-refractivity contribution >= 4 is 20.2 Å². The Morgan fingerprint density at radius 1 is 1.33 bits per heavy atom. The van der Waals surface area contributed by atoms with Crippen LogP contribution < -0.4 is 0 Å². The standard InChI is InChI=1S/C7H20N2OSi2/c1-8-2-4-9(5-3-8)6-7-12-10-11/h2-7,12H2,1,11H3. The zero-order chi connectivity index (χ0) is 8.81. The molecular formula is C7H20N2OSi2. The van der Waals surface area contributed by atoms with Gasteiger partial charge in [-0.15, -0.1) is 0 Å². The van der Waals surface area contributed by atoms with Crippen LogP contribution in [0.15, 0.2) is 0 Å². The van der Waals surface area contributed by atoms with Gasteiger partial charge in [-0.1, -0.05) is 0 Å². The third-order valence-corrected chi connectivity index (χ3v) is 4.66. The van der Waals surface area contributed by atoms with Crippen LogP contribution in [0.4, 0.5) is 0 Å². The van der Waals surface area contributed by atoms with Crippen molar-refractivity contribution < 1.29 is 4.12 Å². The van der Waals surface area contributed by atoms with Crippen LogP contribution in [-0.4, -0.2) is 69.8 Å². The first-order valence-electron chi connectivity index (χ1n) is 4.73. The molecule has 0 saturated carbocycles. The molecule has 0 unspecified atom stereocenters. The number of hydrogen-bond acceptors (Lipinski definition) is 3. The summed E-state index contributed by atoms with van der Waals surface area (Å²) in [4.78, 5) is 4.96. The predicted molar refractivity (Wildman–Crippen MR) is 58.3 cm³/mol. The van der Waals surface area contributed by atoms with E-state index in [2.05, 4.69) is 16.8 Å². The zero-order valence-electron chi connectivity index (χ0n) is 8.25. The summed E-state index contributed by atoms with van der Waals surface area (Å²) in [5, 5.41) is 0. The molecule has 72 valence electrons. The normalized spacial score (nSPS) is 22.8. The minimum Gasteiger partial charge on any atom is -0.468 e. The lowest BCUT2D eigenvalue weighted by Gasteiger charge is -2.32. The maximum Gasteiger partial charge on any atom is 0.146 e. The molecule has 1 aliphatic heterocycles. The van der Waals surface area contributed by atoms with Crippen molar-refractivity contribution in [3.63, 3.8) is 0 Å². The number of rotatable bonds is 4. The number of nitrogens with zero attached hydrogens (tertiary/aromatic N) is 2. The average Bonchev–Trinajstić information content (AvgIpc) is 2.09. The summed E-state index contributed by atoms with van der Waals surface area (Å²) in [6.07, 6.45) is 0. The van der Waals surface area contributed by atoms with Crippen LogP contribution in [0.25, 0.3) is 0 Å². The second-order valence-electron chi connectivity index (χ2n) is 3.49. The van der Waals surface area contributed by atoms with E-state index >= 15 is 0 Å². The second kappa shape index (κ2) is 5.87. The fourth-order valence-electron chi connectivity index (χ4n) is 1.50. The molecule has 5 heteroatoms. The van der Waals surface area contributed by atoms with E-state index in [9.17, 15) is 0 Å². The first-order valence-corrected chi connectivity index (χ1v) is 7.12. The molecule has 0 aromatic rings. The quantitative estimate of drug-likeness (QED) is 0.390. The molecule has 0 spiro atoms. The van der Waals surface area contributed by atoms with Gasteiger partial charge < -0.3 is 13.9 Å². The molecule has 0 N–H and O–H groups in total. The maximum atomic E-state index is 5.29. The van der Waals surface area contributed by atoms with Crippen molar-refractivity contribution in [3.05, 3.63) is 0 Å². The predicted octanol–water partition coefficient (Wildman–Crippen LogP) is -1.97. The molecule has 0 amide bonds. The van der Waals surface area contributed by atoms with Crippen molar-refractivity contribution in [1.29, 1.82) is 0 Å². The molecular weight excluding hydrogens is 184 g/mol. The minimum atomic E-state index is -0.130. The lowest BCUT2D eigenvalue weighted by atomic mass is 10.3. The van der Waals surface area contributed by atoms with E-state index in [1.54, 1.807) is 0 Å². The van der Waals surface area contributed by atoms with Crippen LogP contribution in [-0.2, 0) is 4.12 Å². The van der Waals surface area contributed by atoms with Crippen LogP contribution in [0.5, 0.6) is 0 Å². The van der Waals surface area contributed by atoms with Gasteiger partial charge in [-0.2, -0.15) is 0 Å². The highest BCUT2D eigenvalue weighted by Gasteiger charge is 2.12. The molecule has 1 rings (SSSR count). The monoisotopic (exact) mass is 204 g/mol. The Kier molecular flexibility index (Phi) is 5.09. The number of hydrogen-bond donors (Lipinski definition) is 0. The molecule has 3 nitrogen and oxygen atoms in total. The summed E-state index contributed by atoms with van der Waals surface area (Å²) in [7, 11) is 3.02. The highest BCUT2D eigenvalue weighted by atomic mass is 28.3.